The van der Waals surface area contributed by atoms with Gasteiger partial charge in [0.05, 0.1) is 11.2 Å². The predicted molar refractivity (Wildman–Crippen MR) is 65.2 cm³/mol. The first-order valence-electron chi connectivity index (χ1n) is 4.96. The first kappa shape index (κ1) is 12.9. The number of oxazole rings is 1. The molecule has 0 spiro atoms. The molecule has 2 aromatic heterocycles. The summed E-state index contributed by atoms with van der Waals surface area (Å²) in [6, 6.07) is 1.62. The second kappa shape index (κ2) is 5.37. The highest BCUT2D eigenvalue weighted by atomic mass is 35.5. The molecule has 0 atom stereocenters. The molecule has 0 saturated carbocycles. The molecule has 5 nitrogen and oxygen atoms in total. The van der Waals surface area contributed by atoms with E-state index in [0.717, 1.165) is 0 Å². The quantitative estimate of drug-likeness (QED) is 0.641. The van der Waals surface area contributed by atoms with Crippen molar-refractivity contribution < 1.29 is 13.9 Å². The van der Waals surface area contributed by atoms with Gasteiger partial charge in [-0.05, 0) is 6.07 Å². The van der Waals surface area contributed by atoms with E-state index in [1.807, 2.05) is 0 Å². The van der Waals surface area contributed by atoms with Crippen molar-refractivity contribution in [1.29, 1.82) is 0 Å². The number of esters is 1. The van der Waals surface area contributed by atoms with Crippen molar-refractivity contribution in [2.45, 2.75) is 13.5 Å². The average molecular weight is 287 g/mol. The van der Waals surface area contributed by atoms with Gasteiger partial charge in [0.15, 0.2) is 12.4 Å². The van der Waals surface area contributed by atoms with Crippen LogP contribution in [0.5, 0.6) is 0 Å². The van der Waals surface area contributed by atoms with E-state index in [1.165, 1.54) is 19.3 Å². The van der Waals surface area contributed by atoms with Gasteiger partial charge in [0.25, 0.3) is 0 Å². The van der Waals surface area contributed by atoms with Crippen LogP contribution in [0, 0.1) is 0 Å². The van der Waals surface area contributed by atoms with E-state index in [0.29, 0.717) is 22.2 Å². The van der Waals surface area contributed by atoms with Crippen molar-refractivity contribution in [1.82, 2.24) is 9.97 Å². The Labute approximate surface area is 113 Å². The van der Waals surface area contributed by atoms with E-state index < -0.39 is 5.97 Å². The molecule has 0 saturated heterocycles. The van der Waals surface area contributed by atoms with E-state index in [2.05, 4.69) is 9.97 Å². The molecule has 2 rings (SSSR count). The molecule has 2 heterocycles. The normalized spacial score (nSPS) is 10.4. The summed E-state index contributed by atoms with van der Waals surface area (Å²) in [7, 11) is 0. The third-order valence-corrected chi connectivity index (χ3v) is 2.72. The van der Waals surface area contributed by atoms with Crippen LogP contribution in [-0.2, 0) is 16.1 Å². The van der Waals surface area contributed by atoms with Crippen LogP contribution >= 0.6 is 23.2 Å². The van der Waals surface area contributed by atoms with Gasteiger partial charge in [-0.2, -0.15) is 0 Å². The van der Waals surface area contributed by atoms with E-state index in [4.69, 9.17) is 32.4 Å². The number of halogens is 2. The van der Waals surface area contributed by atoms with Gasteiger partial charge in [-0.25, -0.2) is 9.97 Å². The van der Waals surface area contributed by atoms with Gasteiger partial charge in [-0.15, -0.1) is 0 Å². The smallest absolute Gasteiger partial charge is 0.303 e. The van der Waals surface area contributed by atoms with Gasteiger partial charge in [-0.3, -0.25) is 4.79 Å². The van der Waals surface area contributed by atoms with Gasteiger partial charge >= 0.3 is 5.97 Å². The summed E-state index contributed by atoms with van der Waals surface area (Å²) < 4.78 is 10.1. The summed E-state index contributed by atoms with van der Waals surface area (Å²) in [5.74, 6) is 0.375. The molecule has 0 aromatic carbocycles. The molecule has 0 amide bonds. The molecule has 0 aliphatic carbocycles. The lowest BCUT2D eigenvalue weighted by Crippen LogP contribution is -1.98. The number of hydrogen-bond donors (Lipinski definition) is 0. The van der Waals surface area contributed by atoms with Crippen LogP contribution in [0.2, 0.25) is 10.2 Å². The number of ether oxygens (including phenoxy) is 1. The van der Waals surface area contributed by atoms with Crippen molar-refractivity contribution in [3.63, 3.8) is 0 Å². The predicted octanol–water partition coefficient (Wildman–Crippen LogP) is 3.11. The molecule has 0 N–H and O–H groups in total. The Balaban J connectivity index is 2.18. The summed E-state index contributed by atoms with van der Waals surface area (Å²) >= 11 is 11.6. The minimum absolute atomic E-state index is 0.00984. The number of aromatic nitrogens is 2. The fourth-order valence-electron chi connectivity index (χ4n) is 1.23. The summed E-state index contributed by atoms with van der Waals surface area (Å²) in [5.41, 5.74) is 0.644. The van der Waals surface area contributed by atoms with Crippen LogP contribution in [0.15, 0.2) is 22.9 Å². The van der Waals surface area contributed by atoms with Crippen molar-refractivity contribution in [2.24, 2.45) is 0 Å². The summed E-state index contributed by atoms with van der Waals surface area (Å²) in [5, 5.41) is 0.548. The lowest BCUT2D eigenvalue weighted by Gasteiger charge is -1.99. The largest absolute Gasteiger partial charge is 0.456 e. The van der Waals surface area contributed by atoms with Gasteiger partial charge < -0.3 is 9.15 Å². The Hall–Kier alpha value is -1.59. The molecule has 2 aromatic rings. The molecular weight excluding hydrogens is 279 g/mol. The molecule has 0 radical (unpaired) electrons. The zero-order valence-electron chi connectivity index (χ0n) is 9.31. The van der Waals surface area contributed by atoms with Gasteiger partial charge in [0, 0.05) is 18.7 Å². The summed E-state index contributed by atoms with van der Waals surface area (Å²) in [6.07, 6.45) is 3.02. The monoisotopic (exact) mass is 286 g/mol. The van der Waals surface area contributed by atoms with Crippen molar-refractivity contribution in [3.05, 3.63) is 34.5 Å². The highest BCUT2D eigenvalue weighted by Crippen LogP contribution is 2.26. The number of nitrogens with zero attached hydrogens (tertiary/aromatic N) is 2. The van der Waals surface area contributed by atoms with Gasteiger partial charge in [0.1, 0.15) is 5.15 Å². The molecule has 18 heavy (non-hydrogen) atoms. The van der Waals surface area contributed by atoms with Crippen LogP contribution in [0.4, 0.5) is 0 Å². The molecule has 7 heteroatoms. The van der Waals surface area contributed by atoms with Gasteiger partial charge in [-0.1, -0.05) is 23.2 Å². The fourth-order valence-corrected chi connectivity index (χ4v) is 1.50. The molecular formula is C11H8Cl2N2O3. The molecule has 94 valence electrons. The summed E-state index contributed by atoms with van der Waals surface area (Å²) in [6.45, 7) is 1.30. The Morgan fingerprint density at radius 2 is 2.17 bits per heavy atom. The number of rotatable bonds is 3. The third-order valence-electron chi connectivity index (χ3n) is 2.03. The number of carbonyl (C=O) groups excluding carboxylic acids is 1. The Morgan fingerprint density at radius 3 is 2.83 bits per heavy atom. The molecule has 0 aliphatic heterocycles. The van der Waals surface area contributed by atoms with Crippen LogP contribution < -0.4 is 0 Å². The van der Waals surface area contributed by atoms with Crippen LogP contribution in [-0.4, -0.2) is 15.9 Å². The number of carbonyl (C=O) groups is 1. The second-order valence-corrected chi connectivity index (χ2v) is 4.16. The van der Waals surface area contributed by atoms with Gasteiger partial charge in [0.2, 0.25) is 5.89 Å². The first-order chi connectivity index (χ1) is 8.56. The fraction of sp³-hybridized carbons (Fsp3) is 0.182. The first-order valence-corrected chi connectivity index (χ1v) is 5.71. The molecule has 0 aliphatic rings. The van der Waals surface area contributed by atoms with E-state index in [9.17, 15) is 4.79 Å². The zero-order chi connectivity index (χ0) is 13.1. The topological polar surface area (TPSA) is 65.2 Å². The van der Waals surface area contributed by atoms with E-state index >= 15 is 0 Å². The van der Waals surface area contributed by atoms with Crippen LogP contribution in [0.25, 0.3) is 11.3 Å². The second-order valence-electron chi connectivity index (χ2n) is 3.40. The van der Waals surface area contributed by atoms with Crippen LogP contribution in [0.1, 0.15) is 12.8 Å². The highest BCUT2D eigenvalue weighted by molar-refractivity contribution is 6.41. The highest BCUT2D eigenvalue weighted by Gasteiger charge is 2.09. The van der Waals surface area contributed by atoms with Crippen LogP contribution in [0.3, 0.4) is 0 Å². The average Bonchev–Trinajstić information content (AvgIpc) is 2.79. The Bertz CT molecular complexity index is 583. The Kier molecular flexibility index (Phi) is 3.84. The van der Waals surface area contributed by atoms with E-state index in [-0.39, 0.29) is 11.8 Å². The lowest BCUT2D eigenvalue weighted by atomic mass is 10.2. The van der Waals surface area contributed by atoms with Crippen molar-refractivity contribution >= 4 is 29.2 Å². The summed E-state index contributed by atoms with van der Waals surface area (Å²) in [4.78, 5) is 18.5. The lowest BCUT2D eigenvalue weighted by molar-refractivity contribution is -0.142. The molecule has 0 bridgehead atoms. The maximum atomic E-state index is 10.6. The van der Waals surface area contributed by atoms with Crippen molar-refractivity contribution in [3.8, 4) is 11.3 Å². The number of hydrogen-bond acceptors (Lipinski definition) is 5. The zero-order valence-corrected chi connectivity index (χ0v) is 10.8. The minimum atomic E-state index is -0.397. The number of pyridine rings is 1. The molecule has 0 unspecified atom stereocenters. The Morgan fingerprint density at radius 1 is 1.39 bits per heavy atom. The van der Waals surface area contributed by atoms with Crippen molar-refractivity contribution in [2.75, 3.05) is 0 Å². The standard InChI is InChI=1S/C11H8Cl2N2O3/c1-6(16)17-5-10-14-4-9(18-10)7-2-8(12)11(13)15-3-7/h2-4H,5H2,1H3. The maximum absolute atomic E-state index is 10.6. The maximum Gasteiger partial charge on any atom is 0.303 e. The third kappa shape index (κ3) is 3.00. The molecule has 0 fully saturated rings. The van der Waals surface area contributed by atoms with E-state index in [1.54, 1.807) is 6.07 Å². The SMILES string of the molecule is CC(=O)OCc1ncc(-c2cnc(Cl)c(Cl)c2)o1. The minimum Gasteiger partial charge on any atom is -0.456 e.